The van der Waals surface area contributed by atoms with Crippen LogP contribution in [0, 0.1) is 5.92 Å². The first kappa shape index (κ1) is 12.9. The van der Waals surface area contributed by atoms with Gasteiger partial charge in [0, 0.05) is 19.8 Å². The van der Waals surface area contributed by atoms with Crippen LogP contribution < -0.4 is 5.73 Å². The standard InChI is InChI=1S/C11H23NO3/c1-2-11(9-12,15-8-5-13)10-3-6-14-7-4-10/h10,13H,2-9,12H2,1H3. The first-order valence-electron chi connectivity index (χ1n) is 5.81. The lowest BCUT2D eigenvalue weighted by Gasteiger charge is -2.41. The van der Waals surface area contributed by atoms with E-state index in [2.05, 4.69) is 6.92 Å². The lowest BCUT2D eigenvalue weighted by molar-refractivity contribution is -0.116. The zero-order valence-electron chi connectivity index (χ0n) is 9.58. The molecular formula is C11H23NO3. The van der Waals surface area contributed by atoms with E-state index in [9.17, 15) is 0 Å². The molecule has 0 bridgehead atoms. The van der Waals surface area contributed by atoms with E-state index in [4.69, 9.17) is 20.3 Å². The molecule has 1 aliphatic rings. The van der Waals surface area contributed by atoms with Crippen molar-refractivity contribution in [1.29, 1.82) is 0 Å². The molecule has 4 heteroatoms. The summed E-state index contributed by atoms with van der Waals surface area (Å²) in [5.74, 6) is 0.466. The lowest BCUT2D eigenvalue weighted by atomic mass is 9.80. The van der Waals surface area contributed by atoms with Crippen molar-refractivity contribution in [1.82, 2.24) is 0 Å². The van der Waals surface area contributed by atoms with Crippen LogP contribution >= 0.6 is 0 Å². The molecule has 1 rings (SSSR count). The second kappa shape index (κ2) is 6.43. The molecule has 0 spiro atoms. The van der Waals surface area contributed by atoms with Crippen LogP contribution in [0.15, 0.2) is 0 Å². The van der Waals surface area contributed by atoms with Gasteiger partial charge >= 0.3 is 0 Å². The van der Waals surface area contributed by atoms with Gasteiger partial charge in [0.15, 0.2) is 0 Å². The highest BCUT2D eigenvalue weighted by Crippen LogP contribution is 2.32. The molecule has 0 aromatic heterocycles. The van der Waals surface area contributed by atoms with E-state index in [1.165, 1.54) is 0 Å². The van der Waals surface area contributed by atoms with Crippen LogP contribution in [0.4, 0.5) is 0 Å². The molecule has 4 nitrogen and oxygen atoms in total. The third-order valence-electron chi connectivity index (χ3n) is 3.39. The maximum atomic E-state index is 8.83. The molecule has 1 atom stereocenters. The molecule has 0 aromatic carbocycles. The number of rotatable bonds is 6. The molecule has 0 amide bonds. The third-order valence-corrected chi connectivity index (χ3v) is 3.39. The van der Waals surface area contributed by atoms with Gasteiger partial charge in [-0.15, -0.1) is 0 Å². The summed E-state index contributed by atoms with van der Waals surface area (Å²) in [5, 5.41) is 8.83. The van der Waals surface area contributed by atoms with Crippen molar-refractivity contribution in [2.24, 2.45) is 11.7 Å². The van der Waals surface area contributed by atoms with Crippen molar-refractivity contribution >= 4 is 0 Å². The molecular weight excluding hydrogens is 194 g/mol. The molecule has 0 radical (unpaired) electrons. The van der Waals surface area contributed by atoms with E-state index in [1.807, 2.05) is 0 Å². The first-order chi connectivity index (χ1) is 7.29. The average Bonchev–Trinajstić information content (AvgIpc) is 2.33. The Morgan fingerprint density at radius 1 is 1.47 bits per heavy atom. The van der Waals surface area contributed by atoms with Crippen LogP contribution in [0.25, 0.3) is 0 Å². The van der Waals surface area contributed by atoms with Crippen LogP contribution in [0.2, 0.25) is 0 Å². The summed E-state index contributed by atoms with van der Waals surface area (Å²) in [4.78, 5) is 0. The zero-order chi connectivity index (χ0) is 11.1. The monoisotopic (exact) mass is 217 g/mol. The van der Waals surface area contributed by atoms with Gasteiger partial charge in [-0.1, -0.05) is 6.92 Å². The Morgan fingerprint density at radius 2 is 2.13 bits per heavy atom. The Labute approximate surface area is 91.7 Å². The second-order valence-corrected chi connectivity index (χ2v) is 4.08. The third kappa shape index (κ3) is 3.14. The Hall–Kier alpha value is -0.160. The van der Waals surface area contributed by atoms with Crippen molar-refractivity contribution in [2.75, 3.05) is 33.0 Å². The molecule has 15 heavy (non-hydrogen) atoms. The fraction of sp³-hybridized carbons (Fsp3) is 1.00. The van der Waals surface area contributed by atoms with Crippen LogP contribution in [0.3, 0.4) is 0 Å². The van der Waals surface area contributed by atoms with Gasteiger partial charge in [0.2, 0.25) is 0 Å². The van der Waals surface area contributed by atoms with E-state index in [-0.39, 0.29) is 12.2 Å². The van der Waals surface area contributed by atoms with E-state index in [1.54, 1.807) is 0 Å². The summed E-state index contributed by atoms with van der Waals surface area (Å²) in [5.41, 5.74) is 5.59. The van der Waals surface area contributed by atoms with Gasteiger partial charge in [0.25, 0.3) is 0 Å². The molecule has 0 aromatic rings. The smallest absolute Gasteiger partial charge is 0.0832 e. The largest absolute Gasteiger partial charge is 0.394 e. The number of aliphatic hydroxyl groups is 1. The molecule has 1 heterocycles. The maximum absolute atomic E-state index is 8.83. The highest BCUT2D eigenvalue weighted by Gasteiger charge is 2.37. The molecule has 1 aliphatic heterocycles. The van der Waals surface area contributed by atoms with Crippen molar-refractivity contribution < 1.29 is 14.6 Å². The maximum Gasteiger partial charge on any atom is 0.0832 e. The first-order valence-corrected chi connectivity index (χ1v) is 5.81. The summed E-state index contributed by atoms with van der Waals surface area (Å²) in [6, 6.07) is 0. The molecule has 0 saturated carbocycles. The van der Waals surface area contributed by atoms with Gasteiger partial charge in [-0.05, 0) is 25.2 Å². The second-order valence-electron chi connectivity index (χ2n) is 4.08. The van der Waals surface area contributed by atoms with Crippen LogP contribution in [-0.2, 0) is 9.47 Å². The van der Waals surface area contributed by atoms with Gasteiger partial charge in [0.1, 0.15) is 0 Å². The number of hydrogen-bond acceptors (Lipinski definition) is 4. The molecule has 1 saturated heterocycles. The zero-order valence-corrected chi connectivity index (χ0v) is 9.58. The molecule has 90 valence electrons. The quantitative estimate of drug-likeness (QED) is 0.681. The Balaban J connectivity index is 2.59. The van der Waals surface area contributed by atoms with E-state index in [0.29, 0.717) is 19.1 Å². The summed E-state index contributed by atoms with van der Waals surface area (Å²) < 4.78 is 11.1. The van der Waals surface area contributed by atoms with Crippen LogP contribution in [-0.4, -0.2) is 43.7 Å². The summed E-state index contributed by atoms with van der Waals surface area (Å²) in [6.07, 6.45) is 2.92. The molecule has 3 N–H and O–H groups in total. The minimum absolute atomic E-state index is 0.0605. The fourth-order valence-electron chi connectivity index (χ4n) is 2.35. The lowest BCUT2D eigenvalue weighted by Crippen LogP contribution is -2.49. The number of aliphatic hydroxyl groups excluding tert-OH is 1. The van der Waals surface area contributed by atoms with Crippen molar-refractivity contribution in [2.45, 2.75) is 31.8 Å². The summed E-state index contributed by atoms with van der Waals surface area (Å²) in [7, 11) is 0. The highest BCUT2D eigenvalue weighted by atomic mass is 16.5. The Morgan fingerprint density at radius 3 is 2.60 bits per heavy atom. The minimum Gasteiger partial charge on any atom is -0.394 e. The topological polar surface area (TPSA) is 64.7 Å². The van der Waals surface area contributed by atoms with Gasteiger partial charge in [-0.25, -0.2) is 0 Å². The van der Waals surface area contributed by atoms with Crippen molar-refractivity contribution in [3.63, 3.8) is 0 Å². The molecule has 0 aliphatic carbocycles. The summed E-state index contributed by atoms with van der Waals surface area (Å²) in [6.45, 7) is 4.66. The predicted octanol–water partition coefficient (Wildman–Crippen LogP) is 0.529. The van der Waals surface area contributed by atoms with Crippen LogP contribution in [0.1, 0.15) is 26.2 Å². The molecule has 1 fully saturated rings. The van der Waals surface area contributed by atoms with Gasteiger partial charge < -0.3 is 20.3 Å². The number of ether oxygens (including phenoxy) is 2. The fourth-order valence-corrected chi connectivity index (χ4v) is 2.35. The number of nitrogens with two attached hydrogens (primary N) is 1. The van der Waals surface area contributed by atoms with Crippen molar-refractivity contribution in [3.8, 4) is 0 Å². The molecule has 1 unspecified atom stereocenters. The van der Waals surface area contributed by atoms with Gasteiger partial charge in [-0.3, -0.25) is 0 Å². The average molecular weight is 217 g/mol. The number of hydrogen-bond donors (Lipinski definition) is 2. The minimum atomic E-state index is -0.257. The summed E-state index contributed by atoms with van der Waals surface area (Å²) >= 11 is 0. The SMILES string of the molecule is CCC(CN)(OCCO)C1CCOCC1. The highest BCUT2D eigenvalue weighted by molar-refractivity contribution is 4.89. The Bertz CT molecular complexity index is 165. The predicted molar refractivity (Wildman–Crippen MR) is 58.7 cm³/mol. The van der Waals surface area contributed by atoms with Crippen molar-refractivity contribution in [3.05, 3.63) is 0 Å². The van der Waals surface area contributed by atoms with E-state index < -0.39 is 0 Å². The normalized spacial score (nSPS) is 22.6. The van der Waals surface area contributed by atoms with Crippen LogP contribution in [0.5, 0.6) is 0 Å². The van der Waals surface area contributed by atoms with Gasteiger partial charge in [-0.2, -0.15) is 0 Å². The van der Waals surface area contributed by atoms with Gasteiger partial charge in [0.05, 0.1) is 18.8 Å². The van der Waals surface area contributed by atoms with E-state index in [0.717, 1.165) is 32.5 Å². The Kier molecular flexibility index (Phi) is 5.53. The van der Waals surface area contributed by atoms with E-state index >= 15 is 0 Å².